The lowest BCUT2D eigenvalue weighted by Crippen LogP contribution is -2.47. The molecule has 2 aromatic rings. The Balaban J connectivity index is 2.06. The van der Waals surface area contributed by atoms with Crippen molar-refractivity contribution in [1.82, 2.24) is 10.3 Å². The van der Waals surface area contributed by atoms with E-state index in [-0.39, 0.29) is 17.7 Å². The van der Waals surface area contributed by atoms with E-state index >= 15 is 0 Å². The summed E-state index contributed by atoms with van der Waals surface area (Å²) in [4.78, 5) is 28.5. The summed E-state index contributed by atoms with van der Waals surface area (Å²) in [5.41, 5.74) is 0.456. The van der Waals surface area contributed by atoms with Gasteiger partial charge in [0, 0.05) is 22.2 Å². The molecule has 5 nitrogen and oxygen atoms in total. The van der Waals surface area contributed by atoms with Crippen LogP contribution in [0.5, 0.6) is 0 Å². The topological polar surface area (TPSA) is 71.1 Å². The maximum atomic E-state index is 12.3. The number of carbonyl (C=O) groups excluding carboxylic acids is 2. The van der Waals surface area contributed by atoms with Gasteiger partial charge in [-0.1, -0.05) is 25.4 Å². The van der Waals surface area contributed by atoms with Gasteiger partial charge in [0.15, 0.2) is 5.13 Å². The standard InChI is InChI=1S/C15H16ClN3O2S/c1-9(2)12(14(21)19-15-17-7-8-22-15)18-13(20)10-3-5-11(16)6-4-10/h3-9,12H,1-2H3,(H,18,20)(H,17,19,21)/t12-/m0/s1. The molecule has 2 rings (SSSR count). The van der Waals surface area contributed by atoms with Crippen LogP contribution in [-0.4, -0.2) is 22.8 Å². The summed E-state index contributed by atoms with van der Waals surface area (Å²) >= 11 is 7.13. The molecule has 0 radical (unpaired) electrons. The number of anilines is 1. The number of thiazole rings is 1. The minimum Gasteiger partial charge on any atom is -0.340 e. The van der Waals surface area contributed by atoms with E-state index in [1.165, 1.54) is 11.3 Å². The van der Waals surface area contributed by atoms with Gasteiger partial charge >= 0.3 is 0 Å². The summed E-state index contributed by atoms with van der Waals surface area (Å²) in [5.74, 6) is -0.659. The largest absolute Gasteiger partial charge is 0.340 e. The summed E-state index contributed by atoms with van der Waals surface area (Å²) < 4.78 is 0. The quantitative estimate of drug-likeness (QED) is 0.880. The van der Waals surface area contributed by atoms with Crippen molar-refractivity contribution in [3.63, 3.8) is 0 Å². The number of rotatable bonds is 5. The third kappa shape index (κ3) is 4.29. The zero-order valence-corrected chi connectivity index (χ0v) is 13.7. The Morgan fingerprint density at radius 1 is 1.23 bits per heavy atom. The van der Waals surface area contributed by atoms with Crippen LogP contribution in [0.2, 0.25) is 5.02 Å². The molecule has 0 aliphatic heterocycles. The van der Waals surface area contributed by atoms with Crippen molar-refractivity contribution in [2.24, 2.45) is 5.92 Å². The van der Waals surface area contributed by atoms with Crippen molar-refractivity contribution < 1.29 is 9.59 Å². The maximum Gasteiger partial charge on any atom is 0.251 e. The minimum atomic E-state index is -0.646. The van der Waals surface area contributed by atoms with E-state index in [0.29, 0.717) is 15.7 Å². The van der Waals surface area contributed by atoms with Crippen LogP contribution in [0.25, 0.3) is 0 Å². The summed E-state index contributed by atoms with van der Waals surface area (Å²) in [7, 11) is 0. The molecule has 2 amide bonds. The summed E-state index contributed by atoms with van der Waals surface area (Å²) in [6, 6.07) is 5.86. The van der Waals surface area contributed by atoms with Gasteiger partial charge in [-0.05, 0) is 30.2 Å². The Kier molecular flexibility index (Phi) is 5.51. The second-order valence-electron chi connectivity index (χ2n) is 5.03. The van der Waals surface area contributed by atoms with Crippen LogP contribution in [0.1, 0.15) is 24.2 Å². The summed E-state index contributed by atoms with van der Waals surface area (Å²) in [6.07, 6.45) is 1.61. The van der Waals surface area contributed by atoms with E-state index in [1.807, 2.05) is 13.8 Å². The molecule has 0 aliphatic rings. The monoisotopic (exact) mass is 337 g/mol. The van der Waals surface area contributed by atoms with Crippen molar-refractivity contribution in [3.05, 3.63) is 46.4 Å². The molecule has 0 fully saturated rings. The number of nitrogens with zero attached hydrogens (tertiary/aromatic N) is 1. The van der Waals surface area contributed by atoms with Gasteiger partial charge in [0.05, 0.1) is 0 Å². The number of nitrogens with one attached hydrogen (secondary N) is 2. The average Bonchev–Trinajstić information content (AvgIpc) is 2.97. The Labute approximate surface area is 137 Å². The van der Waals surface area contributed by atoms with Crippen molar-refractivity contribution in [1.29, 1.82) is 0 Å². The number of halogens is 1. The van der Waals surface area contributed by atoms with Gasteiger partial charge in [0.25, 0.3) is 5.91 Å². The van der Waals surface area contributed by atoms with Crippen molar-refractivity contribution in [2.45, 2.75) is 19.9 Å². The number of amides is 2. The molecule has 0 spiro atoms. The number of benzene rings is 1. The lowest BCUT2D eigenvalue weighted by molar-refractivity contribution is -0.118. The fourth-order valence-corrected chi connectivity index (χ4v) is 2.49. The normalized spacial score (nSPS) is 12.0. The molecule has 1 aromatic heterocycles. The van der Waals surface area contributed by atoms with Crippen molar-refractivity contribution in [3.8, 4) is 0 Å². The lowest BCUT2D eigenvalue weighted by atomic mass is 10.0. The smallest absolute Gasteiger partial charge is 0.251 e. The summed E-state index contributed by atoms with van der Waals surface area (Å²) in [6.45, 7) is 3.74. The highest BCUT2D eigenvalue weighted by Gasteiger charge is 2.25. The minimum absolute atomic E-state index is 0.0591. The first-order valence-electron chi connectivity index (χ1n) is 6.74. The zero-order chi connectivity index (χ0) is 16.1. The Morgan fingerprint density at radius 2 is 1.91 bits per heavy atom. The van der Waals surface area contributed by atoms with E-state index < -0.39 is 6.04 Å². The van der Waals surface area contributed by atoms with Crippen LogP contribution in [0.4, 0.5) is 5.13 Å². The second-order valence-corrected chi connectivity index (χ2v) is 6.36. The molecule has 0 saturated carbocycles. The Bertz CT molecular complexity index is 641. The van der Waals surface area contributed by atoms with Gasteiger partial charge in [0.1, 0.15) is 6.04 Å². The average molecular weight is 338 g/mol. The SMILES string of the molecule is CC(C)[C@H](NC(=O)c1ccc(Cl)cc1)C(=O)Nc1nccs1. The van der Waals surface area contributed by atoms with Crippen LogP contribution in [0.15, 0.2) is 35.8 Å². The molecule has 7 heteroatoms. The summed E-state index contributed by atoms with van der Waals surface area (Å²) in [5, 5.41) is 8.28. The fraction of sp³-hybridized carbons (Fsp3) is 0.267. The lowest BCUT2D eigenvalue weighted by Gasteiger charge is -2.21. The first-order valence-corrected chi connectivity index (χ1v) is 8.00. The first-order chi connectivity index (χ1) is 10.5. The predicted octanol–water partition coefficient (Wildman–Crippen LogP) is 3.19. The van der Waals surface area contributed by atoms with E-state index in [9.17, 15) is 9.59 Å². The first kappa shape index (κ1) is 16.5. The van der Waals surface area contributed by atoms with Gasteiger partial charge in [0.2, 0.25) is 5.91 Å². The fourth-order valence-electron chi connectivity index (χ4n) is 1.83. The molecule has 0 unspecified atom stereocenters. The van der Waals surface area contributed by atoms with Crippen LogP contribution in [-0.2, 0) is 4.79 Å². The molecule has 1 aromatic carbocycles. The Morgan fingerprint density at radius 3 is 2.45 bits per heavy atom. The highest BCUT2D eigenvalue weighted by atomic mass is 35.5. The van der Waals surface area contributed by atoms with Gasteiger partial charge in [-0.3, -0.25) is 9.59 Å². The number of carbonyl (C=O) groups is 2. The van der Waals surface area contributed by atoms with Gasteiger partial charge < -0.3 is 10.6 Å². The zero-order valence-electron chi connectivity index (χ0n) is 12.2. The number of aromatic nitrogens is 1. The second kappa shape index (κ2) is 7.38. The molecule has 1 heterocycles. The third-order valence-corrected chi connectivity index (χ3v) is 3.95. The molecule has 0 saturated heterocycles. The van der Waals surface area contributed by atoms with Gasteiger partial charge in [-0.25, -0.2) is 4.98 Å². The van der Waals surface area contributed by atoms with E-state index in [2.05, 4.69) is 15.6 Å². The molecule has 1 atom stereocenters. The van der Waals surface area contributed by atoms with E-state index in [1.54, 1.807) is 35.8 Å². The van der Waals surface area contributed by atoms with E-state index in [4.69, 9.17) is 11.6 Å². The molecule has 0 aliphatic carbocycles. The van der Waals surface area contributed by atoms with Crippen LogP contribution >= 0.6 is 22.9 Å². The molecular weight excluding hydrogens is 322 g/mol. The Hall–Kier alpha value is -1.92. The highest BCUT2D eigenvalue weighted by Crippen LogP contribution is 2.14. The molecule has 22 heavy (non-hydrogen) atoms. The van der Waals surface area contributed by atoms with E-state index in [0.717, 1.165) is 0 Å². The van der Waals surface area contributed by atoms with Gasteiger partial charge in [-0.15, -0.1) is 11.3 Å². The maximum absolute atomic E-state index is 12.3. The third-order valence-electron chi connectivity index (χ3n) is 3.00. The van der Waals surface area contributed by atoms with Crippen LogP contribution in [0, 0.1) is 5.92 Å². The molecule has 0 bridgehead atoms. The molecule has 116 valence electrons. The highest BCUT2D eigenvalue weighted by molar-refractivity contribution is 7.13. The molecule has 2 N–H and O–H groups in total. The van der Waals surface area contributed by atoms with Crippen LogP contribution < -0.4 is 10.6 Å². The van der Waals surface area contributed by atoms with Crippen molar-refractivity contribution in [2.75, 3.05) is 5.32 Å². The molecular formula is C15H16ClN3O2S. The predicted molar refractivity (Wildman–Crippen MR) is 88.3 cm³/mol. The number of hydrogen-bond donors (Lipinski definition) is 2. The number of hydrogen-bond acceptors (Lipinski definition) is 4. The van der Waals surface area contributed by atoms with Crippen LogP contribution in [0.3, 0.4) is 0 Å². The van der Waals surface area contributed by atoms with Crippen molar-refractivity contribution >= 4 is 39.9 Å². The van der Waals surface area contributed by atoms with Gasteiger partial charge in [-0.2, -0.15) is 0 Å².